The minimum Gasteiger partial charge on any atom is -0.338 e. The smallest absolute Gasteiger partial charge is 0.263 e. The zero-order chi connectivity index (χ0) is 17.9. The lowest BCUT2D eigenvalue weighted by Gasteiger charge is -2.09. The van der Waals surface area contributed by atoms with Gasteiger partial charge >= 0.3 is 0 Å². The van der Waals surface area contributed by atoms with Crippen LogP contribution in [0, 0.1) is 0 Å². The number of para-hydroxylation sites is 1. The van der Waals surface area contributed by atoms with Crippen LogP contribution in [0.5, 0.6) is 0 Å². The summed E-state index contributed by atoms with van der Waals surface area (Å²) in [5.74, 6) is 0.517. The van der Waals surface area contributed by atoms with Gasteiger partial charge in [-0.3, -0.25) is 4.72 Å². The maximum atomic E-state index is 12.3. The molecule has 1 heterocycles. The largest absolute Gasteiger partial charge is 0.338 e. The summed E-state index contributed by atoms with van der Waals surface area (Å²) in [6, 6.07) is 16.2. The minimum absolute atomic E-state index is 0.0417. The Balaban J connectivity index is 1.75. The monoisotopic (exact) mass is 394 g/mol. The molecule has 2 aromatic carbocycles. The molecular formula is C16H12Cl2N4O2S. The van der Waals surface area contributed by atoms with Gasteiger partial charge in [-0.25, -0.2) is 8.42 Å². The highest BCUT2D eigenvalue weighted by Gasteiger charge is 2.15. The van der Waals surface area contributed by atoms with Gasteiger partial charge in [-0.15, -0.1) is 10.2 Å². The van der Waals surface area contributed by atoms with Crippen molar-refractivity contribution in [3.8, 4) is 0 Å². The van der Waals surface area contributed by atoms with Gasteiger partial charge in [0.2, 0.25) is 0 Å². The lowest BCUT2D eigenvalue weighted by molar-refractivity contribution is 0.601. The van der Waals surface area contributed by atoms with E-state index in [0.717, 1.165) is 0 Å². The number of benzene rings is 2. The lowest BCUT2D eigenvalue weighted by atomic mass is 10.3. The van der Waals surface area contributed by atoms with Crippen LogP contribution in [0.25, 0.3) is 0 Å². The van der Waals surface area contributed by atoms with Gasteiger partial charge < -0.3 is 5.32 Å². The third kappa shape index (κ3) is 4.39. The normalized spacial score (nSPS) is 11.1. The molecule has 0 unspecified atom stereocenters. The molecule has 0 saturated heterocycles. The molecule has 3 aromatic rings. The third-order valence-corrected chi connectivity index (χ3v) is 5.06. The Bertz CT molecular complexity index is 995. The van der Waals surface area contributed by atoms with Crippen LogP contribution in [-0.2, 0) is 10.0 Å². The van der Waals surface area contributed by atoms with E-state index >= 15 is 0 Å². The number of sulfonamides is 1. The van der Waals surface area contributed by atoms with Crippen molar-refractivity contribution in [3.63, 3.8) is 0 Å². The second-order valence-corrected chi connectivity index (χ2v) is 7.50. The Morgan fingerprint density at radius 3 is 2.24 bits per heavy atom. The number of nitrogens with zero attached hydrogens (tertiary/aromatic N) is 2. The summed E-state index contributed by atoms with van der Waals surface area (Å²) >= 11 is 11.9. The fraction of sp³-hybridized carbons (Fsp3) is 0. The molecule has 128 valence electrons. The topological polar surface area (TPSA) is 84.0 Å². The van der Waals surface area contributed by atoms with E-state index in [1.807, 2.05) is 12.1 Å². The number of anilines is 3. The SMILES string of the molecule is O=S(=O)(Nc1ccc(Nc2ccccc2Cl)nn1)c1cccc(Cl)c1. The van der Waals surface area contributed by atoms with Crippen molar-refractivity contribution in [3.05, 3.63) is 70.7 Å². The van der Waals surface area contributed by atoms with Crippen molar-refractivity contribution >= 4 is 50.5 Å². The summed E-state index contributed by atoms with van der Waals surface area (Å²) in [4.78, 5) is 0.0417. The molecule has 0 aliphatic carbocycles. The Morgan fingerprint density at radius 1 is 0.840 bits per heavy atom. The molecule has 0 bridgehead atoms. The molecule has 6 nitrogen and oxygen atoms in total. The number of aromatic nitrogens is 2. The summed E-state index contributed by atoms with van der Waals surface area (Å²) in [7, 11) is -3.79. The second kappa shape index (κ2) is 7.26. The molecule has 25 heavy (non-hydrogen) atoms. The number of hydrogen-bond donors (Lipinski definition) is 2. The molecule has 0 atom stereocenters. The van der Waals surface area contributed by atoms with Gasteiger partial charge in [-0.1, -0.05) is 41.4 Å². The van der Waals surface area contributed by atoms with Gasteiger partial charge in [-0.2, -0.15) is 0 Å². The average molecular weight is 395 g/mol. The van der Waals surface area contributed by atoms with Gasteiger partial charge in [0, 0.05) is 5.02 Å². The van der Waals surface area contributed by atoms with Crippen molar-refractivity contribution in [2.75, 3.05) is 10.0 Å². The molecule has 0 amide bonds. The fourth-order valence-corrected chi connectivity index (χ4v) is 3.46. The molecule has 0 aliphatic rings. The molecular weight excluding hydrogens is 383 g/mol. The molecule has 0 radical (unpaired) electrons. The number of nitrogens with one attached hydrogen (secondary N) is 2. The van der Waals surface area contributed by atoms with Gasteiger partial charge in [0.05, 0.1) is 15.6 Å². The van der Waals surface area contributed by atoms with Crippen LogP contribution in [0.15, 0.2) is 65.6 Å². The minimum atomic E-state index is -3.79. The van der Waals surface area contributed by atoms with E-state index in [4.69, 9.17) is 23.2 Å². The van der Waals surface area contributed by atoms with Crippen molar-refractivity contribution in [1.82, 2.24) is 10.2 Å². The van der Waals surface area contributed by atoms with E-state index in [-0.39, 0.29) is 10.7 Å². The zero-order valence-electron chi connectivity index (χ0n) is 12.6. The van der Waals surface area contributed by atoms with Crippen LogP contribution in [0.1, 0.15) is 0 Å². The highest BCUT2D eigenvalue weighted by Crippen LogP contribution is 2.24. The highest BCUT2D eigenvalue weighted by molar-refractivity contribution is 7.92. The van der Waals surface area contributed by atoms with Crippen molar-refractivity contribution < 1.29 is 8.42 Å². The molecule has 3 rings (SSSR count). The zero-order valence-corrected chi connectivity index (χ0v) is 15.0. The maximum Gasteiger partial charge on any atom is 0.263 e. The maximum absolute atomic E-state index is 12.3. The molecule has 9 heteroatoms. The van der Waals surface area contributed by atoms with Crippen molar-refractivity contribution in [1.29, 1.82) is 0 Å². The Hall–Kier alpha value is -2.35. The predicted molar refractivity (Wildman–Crippen MR) is 99.0 cm³/mol. The van der Waals surface area contributed by atoms with Crippen molar-refractivity contribution in [2.45, 2.75) is 4.90 Å². The Labute approximate surface area is 154 Å². The fourth-order valence-electron chi connectivity index (χ4n) is 1.98. The first-order valence-electron chi connectivity index (χ1n) is 7.08. The standard InChI is InChI=1S/C16H12Cl2N4O2S/c17-11-4-3-5-12(10-11)25(23,24)22-16-9-8-15(20-21-16)19-14-7-2-1-6-13(14)18/h1-10H,(H,19,20)(H,21,22). The van der Waals surface area contributed by atoms with Crippen LogP contribution in [0.4, 0.5) is 17.3 Å². The van der Waals surface area contributed by atoms with E-state index in [9.17, 15) is 8.42 Å². The molecule has 0 fully saturated rings. The van der Waals surface area contributed by atoms with Crippen LogP contribution >= 0.6 is 23.2 Å². The quantitative estimate of drug-likeness (QED) is 0.672. The van der Waals surface area contributed by atoms with Crippen molar-refractivity contribution in [2.24, 2.45) is 0 Å². The average Bonchev–Trinajstić information content (AvgIpc) is 2.58. The molecule has 0 saturated carbocycles. The summed E-state index contributed by atoms with van der Waals surface area (Å²) < 4.78 is 27.0. The summed E-state index contributed by atoms with van der Waals surface area (Å²) in [5, 5.41) is 11.7. The summed E-state index contributed by atoms with van der Waals surface area (Å²) in [6.07, 6.45) is 0. The van der Waals surface area contributed by atoms with Crippen LogP contribution < -0.4 is 10.0 Å². The first-order valence-corrected chi connectivity index (χ1v) is 9.32. The van der Waals surface area contributed by atoms with E-state index in [1.54, 1.807) is 30.3 Å². The van der Waals surface area contributed by atoms with E-state index < -0.39 is 10.0 Å². The Morgan fingerprint density at radius 2 is 1.56 bits per heavy atom. The molecule has 1 aromatic heterocycles. The third-order valence-electron chi connectivity index (χ3n) is 3.15. The van der Waals surface area contributed by atoms with Crippen LogP contribution in [-0.4, -0.2) is 18.6 Å². The molecule has 2 N–H and O–H groups in total. The first kappa shape index (κ1) is 17.5. The van der Waals surface area contributed by atoms with Gasteiger partial charge in [0.1, 0.15) is 0 Å². The van der Waals surface area contributed by atoms with Crippen LogP contribution in [0.2, 0.25) is 10.0 Å². The predicted octanol–water partition coefficient (Wildman–Crippen LogP) is 4.33. The molecule has 0 aliphatic heterocycles. The number of rotatable bonds is 5. The summed E-state index contributed by atoms with van der Waals surface area (Å²) in [6.45, 7) is 0. The Kier molecular flexibility index (Phi) is 5.08. The number of halogens is 2. The first-order chi connectivity index (χ1) is 11.9. The lowest BCUT2D eigenvalue weighted by Crippen LogP contribution is -2.14. The summed E-state index contributed by atoms with van der Waals surface area (Å²) in [5.41, 5.74) is 0.672. The van der Waals surface area contributed by atoms with E-state index in [1.165, 1.54) is 18.2 Å². The second-order valence-electron chi connectivity index (χ2n) is 4.97. The highest BCUT2D eigenvalue weighted by atomic mass is 35.5. The molecule has 0 spiro atoms. The van der Waals surface area contributed by atoms with E-state index in [0.29, 0.717) is 21.6 Å². The van der Waals surface area contributed by atoms with Crippen LogP contribution in [0.3, 0.4) is 0 Å². The number of hydrogen-bond acceptors (Lipinski definition) is 5. The van der Waals surface area contributed by atoms with E-state index in [2.05, 4.69) is 20.2 Å². The van der Waals surface area contributed by atoms with Gasteiger partial charge in [0.25, 0.3) is 10.0 Å². The van der Waals surface area contributed by atoms with Gasteiger partial charge in [0.15, 0.2) is 11.6 Å². The van der Waals surface area contributed by atoms with Gasteiger partial charge in [-0.05, 0) is 42.5 Å².